The molecule has 0 radical (unpaired) electrons. The normalized spacial score (nSPS) is 12.3. The molecule has 1 heterocycles. The summed E-state index contributed by atoms with van der Waals surface area (Å²) < 4.78 is 0. The van der Waals surface area contributed by atoms with E-state index in [2.05, 4.69) is 24.0 Å². The second kappa shape index (κ2) is 4.66. The zero-order valence-corrected chi connectivity index (χ0v) is 10.9. The Morgan fingerprint density at radius 3 is 2.61 bits per heavy atom. The molecule has 0 fully saturated rings. The molecule has 1 aromatic heterocycles. The second-order valence-corrected chi connectivity index (χ2v) is 4.88. The van der Waals surface area contributed by atoms with E-state index in [0.29, 0.717) is 12.0 Å². The third kappa shape index (κ3) is 2.28. The summed E-state index contributed by atoms with van der Waals surface area (Å²) in [6.07, 6.45) is 0.495. The number of aryl methyl sites for hydroxylation is 2. The van der Waals surface area contributed by atoms with Gasteiger partial charge in [-0.2, -0.15) is 5.26 Å². The van der Waals surface area contributed by atoms with Crippen LogP contribution in [0.4, 0.5) is 0 Å². The molecule has 0 aliphatic rings. The van der Waals surface area contributed by atoms with Crippen molar-refractivity contribution in [2.24, 2.45) is 5.92 Å². The monoisotopic (exact) mass is 240 g/mol. The molecule has 0 spiro atoms. The van der Waals surface area contributed by atoms with Crippen molar-refractivity contribution in [2.45, 2.75) is 27.2 Å². The first kappa shape index (κ1) is 12.4. The van der Waals surface area contributed by atoms with E-state index in [0.717, 1.165) is 16.5 Å². The van der Waals surface area contributed by atoms with Crippen LogP contribution in [0.1, 0.15) is 23.6 Å². The maximum atomic E-state index is 11.9. The van der Waals surface area contributed by atoms with Crippen LogP contribution >= 0.6 is 0 Å². The van der Waals surface area contributed by atoms with Crippen LogP contribution in [0.15, 0.2) is 23.0 Å². The number of H-pyrrole nitrogens is 1. The van der Waals surface area contributed by atoms with Gasteiger partial charge in [-0.05, 0) is 61.9 Å². The third-order valence-electron chi connectivity index (χ3n) is 3.28. The van der Waals surface area contributed by atoms with Gasteiger partial charge in [0.2, 0.25) is 0 Å². The van der Waals surface area contributed by atoms with Crippen molar-refractivity contribution in [3.8, 4) is 6.07 Å². The van der Waals surface area contributed by atoms with E-state index in [9.17, 15) is 4.79 Å². The number of rotatable bonds is 2. The third-order valence-corrected chi connectivity index (χ3v) is 3.28. The molecular weight excluding hydrogens is 224 g/mol. The Morgan fingerprint density at radius 1 is 1.28 bits per heavy atom. The number of hydrogen-bond acceptors (Lipinski definition) is 2. The SMILES string of the molecule is Cc1cc2cc(CC(C)C#N)c(=O)[nH]c2cc1C. The standard InChI is InChI=1S/C15H16N2O/c1-9(8-16)4-13-7-12-5-10(2)11(3)6-14(12)17-15(13)18/h5-7,9H,4H2,1-3H3,(H,17,18). The first-order chi connectivity index (χ1) is 8.51. The lowest BCUT2D eigenvalue weighted by atomic mass is 10.0. The van der Waals surface area contributed by atoms with Gasteiger partial charge in [-0.1, -0.05) is 0 Å². The van der Waals surface area contributed by atoms with Crippen molar-refractivity contribution in [3.05, 3.63) is 45.2 Å². The highest BCUT2D eigenvalue weighted by Crippen LogP contribution is 2.18. The predicted molar refractivity (Wildman–Crippen MR) is 72.5 cm³/mol. The van der Waals surface area contributed by atoms with Gasteiger partial charge < -0.3 is 4.98 Å². The molecule has 3 nitrogen and oxygen atoms in total. The molecule has 0 saturated heterocycles. The summed E-state index contributed by atoms with van der Waals surface area (Å²) in [6, 6.07) is 8.11. The number of pyridine rings is 1. The lowest BCUT2D eigenvalue weighted by Crippen LogP contribution is -2.14. The molecule has 1 aromatic carbocycles. The van der Waals surface area contributed by atoms with Crippen LogP contribution in [0.5, 0.6) is 0 Å². The highest BCUT2D eigenvalue weighted by Gasteiger charge is 2.08. The van der Waals surface area contributed by atoms with Gasteiger partial charge >= 0.3 is 0 Å². The Balaban J connectivity index is 2.58. The number of nitrogens with one attached hydrogen (secondary N) is 1. The fraction of sp³-hybridized carbons (Fsp3) is 0.333. The molecule has 1 N–H and O–H groups in total. The summed E-state index contributed by atoms with van der Waals surface area (Å²) in [7, 11) is 0. The number of aromatic nitrogens is 1. The Labute approximate surface area is 106 Å². The summed E-state index contributed by atoms with van der Waals surface area (Å²) in [6.45, 7) is 5.90. The van der Waals surface area contributed by atoms with Crippen LogP contribution in [-0.4, -0.2) is 4.98 Å². The smallest absolute Gasteiger partial charge is 0.251 e. The summed E-state index contributed by atoms with van der Waals surface area (Å²) >= 11 is 0. The molecule has 0 aliphatic carbocycles. The zero-order chi connectivity index (χ0) is 13.3. The van der Waals surface area contributed by atoms with E-state index in [1.54, 1.807) is 0 Å². The predicted octanol–water partition coefficient (Wildman–Crippen LogP) is 2.85. The number of nitriles is 1. The average molecular weight is 240 g/mol. The summed E-state index contributed by atoms with van der Waals surface area (Å²) in [5, 5.41) is 9.84. The van der Waals surface area contributed by atoms with E-state index in [4.69, 9.17) is 5.26 Å². The Morgan fingerprint density at radius 2 is 1.94 bits per heavy atom. The molecule has 1 atom stereocenters. The molecule has 1 unspecified atom stereocenters. The van der Waals surface area contributed by atoms with Crippen molar-refractivity contribution in [2.75, 3.05) is 0 Å². The van der Waals surface area contributed by atoms with Crippen LogP contribution in [0, 0.1) is 31.1 Å². The van der Waals surface area contributed by atoms with Crippen molar-refractivity contribution >= 4 is 10.9 Å². The van der Waals surface area contributed by atoms with Crippen molar-refractivity contribution < 1.29 is 0 Å². The van der Waals surface area contributed by atoms with Crippen LogP contribution in [-0.2, 0) is 6.42 Å². The number of fused-ring (bicyclic) bond motifs is 1. The first-order valence-corrected chi connectivity index (χ1v) is 6.04. The molecule has 0 amide bonds. The number of nitrogens with zero attached hydrogens (tertiary/aromatic N) is 1. The van der Waals surface area contributed by atoms with E-state index in [1.807, 2.05) is 26.0 Å². The quantitative estimate of drug-likeness (QED) is 0.877. The summed E-state index contributed by atoms with van der Waals surface area (Å²) in [5.41, 5.74) is 3.81. The van der Waals surface area contributed by atoms with Crippen LogP contribution in [0.25, 0.3) is 10.9 Å². The van der Waals surface area contributed by atoms with Gasteiger partial charge in [-0.25, -0.2) is 0 Å². The van der Waals surface area contributed by atoms with Gasteiger partial charge in [-0.15, -0.1) is 0 Å². The lowest BCUT2D eigenvalue weighted by molar-refractivity contribution is 0.732. The molecule has 18 heavy (non-hydrogen) atoms. The van der Waals surface area contributed by atoms with Gasteiger partial charge in [0.25, 0.3) is 5.56 Å². The number of hydrogen-bond donors (Lipinski definition) is 1. The largest absolute Gasteiger partial charge is 0.322 e. The highest BCUT2D eigenvalue weighted by molar-refractivity contribution is 5.80. The summed E-state index contributed by atoms with van der Waals surface area (Å²) in [4.78, 5) is 14.8. The Kier molecular flexibility index (Phi) is 3.20. The number of aromatic amines is 1. The minimum Gasteiger partial charge on any atom is -0.322 e. The van der Waals surface area contributed by atoms with E-state index < -0.39 is 0 Å². The van der Waals surface area contributed by atoms with Crippen molar-refractivity contribution in [1.82, 2.24) is 4.98 Å². The molecule has 2 aromatic rings. The zero-order valence-electron chi connectivity index (χ0n) is 10.9. The van der Waals surface area contributed by atoms with Gasteiger partial charge in [0, 0.05) is 17.0 Å². The molecule has 2 rings (SSSR count). The minimum absolute atomic E-state index is 0.0900. The topological polar surface area (TPSA) is 56.6 Å². The summed E-state index contributed by atoms with van der Waals surface area (Å²) in [5.74, 6) is -0.143. The van der Waals surface area contributed by atoms with Gasteiger partial charge in [0.15, 0.2) is 0 Å². The van der Waals surface area contributed by atoms with E-state index >= 15 is 0 Å². The molecular formula is C15H16N2O. The van der Waals surface area contributed by atoms with Gasteiger partial charge in [0.1, 0.15) is 0 Å². The fourth-order valence-electron chi connectivity index (χ4n) is 2.05. The molecule has 0 saturated carbocycles. The Bertz CT molecular complexity index is 692. The number of benzene rings is 1. The molecule has 0 aliphatic heterocycles. The molecule has 92 valence electrons. The molecule has 3 heteroatoms. The maximum Gasteiger partial charge on any atom is 0.251 e. The average Bonchev–Trinajstić information content (AvgIpc) is 2.32. The lowest BCUT2D eigenvalue weighted by Gasteiger charge is -2.07. The maximum absolute atomic E-state index is 11.9. The van der Waals surface area contributed by atoms with Crippen molar-refractivity contribution in [3.63, 3.8) is 0 Å². The van der Waals surface area contributed by atoms with Crippen LogP contribution in [0.2, 0.25) is 0 Å². The Hall–Kier alpha value is -2.08. The van der Waals surface area contributed by atoms with Gasteiger partial charge in [-0.3, -0.25) is 4.79 Å². The molecule has 0 bridgehead atoms. The van der Waals surface area contributed by atoms with E-state index in [-0.39, 0.29) is 11.5 Å². The van der Waals surface area contributed by atoms with E-state index in [1.165, 1.54) is 5.56 Å². The van der Waals surface area contributed by atoms with Crippen LogP contribution < -0.4 is 5.56 Å². The second-order valence-electron chi connectivity index (χ2n) is 4.88. The van der Waals surface area contributed by atoms with Crippen molar-refractivity contribution in [1.29, 1.82) is 5.26 Å². The fourth-order valence-corrected chi connectivity index (χ4v) is 2.05. The van der Waals surface area contributed by atoms with Gasteiger partial charge in [0.05, 0.1) is 6.07 Å². The highest BCUT2D eigenvalue weighted by atomic mass is 16.1. The minimum atomic E-state index is -0.143. The van der Waals surface area contributed by atoms with Crippen LogP contribution in [0.3, 0.4) is 0 Å². The first-order valence-electron chi connectivity index (χ1n) is 6.04.